The summed E-state index contributed by atoms with van der Waals surface area (Å²) in [5.41, 5.74) is 1.09. The number of Topliss-reactive ketones (excluding diaryl/α,β-unsaturated/α-hetero) is 1. The summed E-state index contributed by atoms with van der Waals surface area (Å²) in [6.45, 7) is 5.30. The number of aryl methyl sites for hydroxylation is 1. The monoisotopic (exact) mass is 318 g/mol. The second-order valence-electron chi connectivity index (χ2n) is 4.96. The number of carbonyl (C=O) groups excluding carboxylic acids is 1. The molecule has 3 nitrogen and oxygen atoms in total. The van der Waals surface area contributed by atoms with Gasteiger partial charge in [0.2, 0.25) is 0 Å². The van der Waals surface area contributed by atoms with Gasteiger partial charge in [0.15, 0.2) is 17.3 Å². The van der Waals surface area contributed by atoms with Gasteiger partial charge in [-0.2, -0.15) is 0 Å². The minimum absolute atomic E-state index is 0.194. The first-order chi connectivity index (χ1) is 10.7. The third kappa shape index (κ3) is 4.60. The lowest BCUT2D eigenvalue weighted by Crippen LogP contribution is -2.02. The summed E-state index contributed by atoms with van der Waals surface area (Å²) in [6.07, 6.45) is 2.19. The van der Waals surface area contributed by atoms with Crippen molar-refractivity contribution in [2.75, 3.05) is 13.2 Å². The fourth-order valence-electron chi connectivity index (χ4n) is 2.13. The molecule has 0 N–H and O–H groups in total. The molecule has 0 spiro atoms. The molecule has 1 aromatic carbocycles. The first-order valence-electron chi connectivity index (χ1n) is 7.69. The average Bonchev–Trinajstić information content (AvgIpc) is 3.06. The first-order valence-corrected chi connectivity index (χ1v) is 8.57. The van der Waals surface area contributed by atoms with Crippen LogP contribution in [0.5, 0.6) is 11.5 Å². The lowest BCUT2D eigenvalue weighted by molar-refractivity contribution is 0.0986. The zero-order valence-corrected chi connectivity index (χ0v) is 13.9. The molecular formula is C18H22O3S. The van der Waals surface area contributed by atoms with Crippen molar-refractivity contribution >= 4 is 17.1 Å². The Morgan fingerprint density at radius 3 is 2.68 bits per heavy atom. The van der Waals surface area contributed by atoms with Gasteiger partial charge in [-0.3, -0.25) is 4.79 Å². The Kier molecular flexibility index (Phi) is 6.46. The topological polar surface area (TPSA) is 35.5 Å². The van der Waals surface area contributed by atoms with Crippen molar-refractivity contribution < 1.29 is 14.3 Å². The number of ether oxygens (including phenoxy) is 2. The molecule has 0 bridgehead atoms. The van der Waals surface area contributed by atoms with Crippen LogP contribution in [-0.2, 0) is 6.42 Å². The van der Waals surface area contributed by atoms with E-state index in [0.29, 0.717) is 26.1 Å². The van der Waals surface area contributed by atoms with Crippen molar-refractivity contribution in [3.05, 3.63) is 46.2 Å². The summed E-state index contributed by atoms with van der Waals surface area (Å²) in [5, 5.41) is 1.93. The molecule has 118 valence electrons. The minimum atomic E-state index is 0.194. The van der Waals surface area contributed by atoms with Crippen LogP contribution in [0, 0.1) is 0 Å². The summed E-state index contributed by atoms with van der Waals surface area (Å²) in [6, 6.07) is 9.71. The van der Waals surface area contributed by atoms with Crippen LogP contribution >= 0.6 is 11.3 Å². The largest absolute Gasteiger partial charge is 0.490 e. The van der Waals surface area contributed by atoms with E-state index in [0.717, 1.165) is 28.4 Å². The summed E-state index contributed by atoms with van der Waals surface area (Å²) in [5.74, 6) is 1.73. The van der Waals surface area contributed by atoms with Crippen LogP contribution in [0.4, 0.5) is 0 Å². The molecule has 4 heteroatoms. The van der Waals surface area contributed by atoms with E-state index in [4.69, 9.17) is 9.47 Å². The fraction of sp³-hybridized carbons (Fsp3) is 0.389. The van der Waals surface area contributed by atoms with Crippen LogP contribution in [-0.4, -0.2) is 19.0 Å². The highest BCUT2D eigenvalue weighted by atomic mass is 32.1. The standard InChI is InChI=1S/C18H22O3S/c1-3-11-21-16-10-8-14(13-17(16)20-4-2)7-9-15(19)18-6-5-12-22-18/h5-6,8,10,12-13H,3-4,7,9,11H2,1-2H3. The van der Waals surface area contributed by atoms with E-state index in [1.54, 1.807) is 0 Å². The van der Waals surface area contributed by atoms with E-state index >= 15 is 0 Å². The number of thiophene rings is 1. The van der Waals surface area contributed by atoms with Gasteiger partial charge in [-0.25, -0.2) is 0 Å². The molecule has 0 atom stereocenters. The zero-order valence-electron chi connectivity index (χ0n) is 13.1. The Hall–Kier alpha value is -1.81. The molecule has 1 heterocycles. The fourth-order valence-corrected chi connectivity index (χ4v) is 2.82. The number of carbonyl (C=O) groups is 1. The average molecular weight is 318 g/mol. The predicted molar refractivity (Wildman–Crippen MR) is 90.4 cm³/mol. The van der Waals surface area contributed by atoms with Crippen LogP contribution < -0.4 is 9.47 Å². The maximum absolute atomic E-state index is 12.1. The normalized spacial score (nSPS) is 10.5. The van der Waals surface area contributed by atoms with Crippen LogP contribution in [0.15, 0.2) is 35.7 Å². The molecule has 0 saturated heterocycles. The first kappa shape index (κ1) is 16.6. The Labute approximate surface area is 135 Å². The lowest BCUT2D eigenvalue weighted by Gasteiger charge is -2.13. The van der Waals surface area contributed by atoms with E-state index in [1.807, 2.05) is 42.6 Å². The third-order valence-electron chi connectivity index (χ3n) is 3.21. The van der Waals surface area contributed by atoms with Crippen molar-refractivity contribution in [3.63, 3.8) is 0 Å². The minimum Gasteiger partial charge on any atom is -0.490 e. The van der Waals surface area contributed by atoms with Gasteiger partial charge in [0.05, 0.1) is 18.1 Å². The molecule has 0 saturated carbocycles. The number of hydrogen-bond donors (Lipinski definition) is 0. The molecule has 0 unspecified atom stereocenters. The van der Waals surface area contributed by atoms with Crippen LogP contribution in [0.25, 0.3) is 0 Å². The van der Waals surface area contributed by atoms with Gasteiger partial charge in [0.1, 0.15) is 0 Å². The Bertz CT molecular complexity index is 590. The quantitative estimate of drug-likeness (QED) is 0.626. The van der Waals surface area contributed by atoms with Gasteiger partial charge in [-0.05, 0) is 48.9 Å². The summed E-state index contributed by atoms with van der Waals surface area (Å²) < 4.78 is 11.3. The van der Waals surface area contributed by atoms with E-state index in [-0.39, 0.29) is 5.78 Å². The summed E-state index contributed by atoms with van der Waals surface area (Å²) >= 11 is 1.49. The molecule has 1 aromatic heterocycles. The smallest absolute Gasteiger partial charge is 0.173 e. The van der Waals surface area contributed by atoms with Crippen molar-refractivity contribution in [2.24, 2.45) is 0 Å². The predicted octanol–water partition coefficient (Wildman–Crippen LogP) is 4.75. The van der Waals surface area contributed by atoms with Crippen molar-refractivity contribution in [3.8, 4) is 11.5 Å². The van der Waals surface area contributed by atoms with E-state index < -0.39 is 0 Å². The molecular weight excluding hydrogens is 296 g/mol. The molecule has 0 aliphatic rings. The van der Waals surface area contributed by atoms with Gasteiger partial charge in [-0.1, -0.05) is 19.1 Å². The van der Waals surface area contributed by atoms with Gasteiger partial charge < -0.3 is 9.47 Å². The molecule has 0 amide bonds. The second-order valence-corrected chi connectivity index (χ2v) is 5.91. The van der Waals surface area contributed by atoms with E-state index in [2.05, 4.69) is 6.92 Å². The van der Waals surface area contributed by atoms with Gasteiger partial charge in [0, 0.05) is 6.42 Å². The number of hydrogen-bond acceptors (Lipinski definition) is 4. The van der Waals surface area contributed by atoms with Gasteiger partial charge in [-0.15, -0.1) is 11.3 Å². The molecule has 2 rings (SSSR count). The van der Waals surface area contributed by atoms with Crippen LogP contribution in [0.2, 0.25) is 0 Å². The number of rotatable bonds is 9. The second kappa shape index (κ2) is 8.59. The third-order valence-corrected chi connectivity index (χ3v) is 4.12. The molecule has 22 heavy (non-hydrogen) atoms. The maximum atomic E-state index is 12.1. The van der Waals surface area contributed by atoms with Gasteiger partial charge in [0.25, 0.3) is 0 Å². The van der Waals surface area contributed by atoms with Crippen molar-refractivity contribution in [1.29, 1.82) is 0 Å². The maximum Gasteiger partial charge on any atom is 0.173 e. The zero-order chi connectivity index (χ0) is 15.8. The highest BCUT2D eigenvalue weighted by Crippen LogP contribution is 2.29. The Morgan fingerprint density at radius 2 is 2.00 bits per heavy atom. The number of benzene rings is 1. The van der Waals surface area contributed by atoms with Gasteiger partial charge >= 0.3 is 0 Å². The molecule has 0 aliphatic carbocycles. The highest BCUT2D eigenvalue weighted by molar-refractivity contribution is 7.12. The molecule has 2 aromatic rings. The lowest BCUT2D eigenvalue weighted by atomic mass is 10.1. The molecule has 0 fully saturated rings. The molecule has 0 radical (unpaired) electrons. The van der Waals surface area contributed by atoms with E-state index in [1.165, 1.54) is 11.3 Å². The summed E-state index contributed by atoms with van der Waals surface area (Å²) in [4.78, 5) is 12.9. The van der Waals surface area contributed by atoms with Crippen LogP contribution in [0.1, 0.15) is 41.9 Å². The SMILES string of the molecule is CCCOc1ccc(CCC(=O)c2cccs2)cc1OCC. The number of ketones is 1. The molecule has 0 aliphatic heterocycles. The Balaban J connectivity index is 2.01. The van der Waals surface area contributed by atoms with Crippen LogP contribution in [0.3, 0.4) is 0 Å². The van der Waals surface area contributed by atoms with Crippen molar-refractivity contribution in [1.82, 2.24) is 0 Å². The Morgan fingerprint density at radius 1 is 1.14 bits per heavy atom. The van der Waals surface area contributed by atoms with E-state index in [9.17, 15) is 4.79 Å². The summed E-state index contributed by atoms with van der Waals surface area (Å²) in [7, 11) is 0. The highest BCUT2D eigenvalue weighted by Gasteiger charge is 2.10. The van der Waals surface area contributed by atoms with Crippen molar-refractivity contribution in [2.45, 2.75) is 33.1 Å².